The second-order valence-electron chi connectivity index (χ2n) is 3.74. The highest BCUT2D eigenvalue weighted by Crippen LogP contribution is 2.28. The van der Waals surface area contributed by atoms with Crippen molar-refractivity contribution in [2.75, 3.05) is 32.8 Å². The van der Waals surface area contributed by atoms with Crippen LogP contribution in [-0.4, -0.2) is 43.1 Å². The lowest BCUT2D eigenvalue weighted by Crippen LogP contribution is -2.54. The summed E-state index contributed by atoms with van der Waals surface area (Å²) in [6.45, 7) is 5.24. The molecule has 0 aliphatic carbocycles. The van der Waals surface area contributed by atoms with Crippen molar-refractivity contribution >= 4 is 9.39 Å². The van der Waals surface area contributed by atoms with Gasteiger partial charge in [-0.05, 0) is 12.8 Å². The second kappa shape index (κ2) is 3.59. The molecule has 0 saturated carbocycles. The number of nitrogens with one attached hydrogen (secondary N) is 1. The van der Waals surface area contributed by atoms with E-state index in [0.29, 0.717) is 0 Å². The number of hydrogen-bond donors (Lipinski definition) is 1. The Labute approximate surface area is 76.1 Å². The molecule has 4 heteroatoms. The van der Waals surface area contributed by atoms with Crippen LogP contribution in [0.1, 0.15) is 12.8 Å². The molecule has 0 radical (unpaired) electrons. The number of ether oxygens (including phenoxy) is 1. The van der Waals surface area contributed by atoms with E-state index in [2.05, 4.69) is 19.4 Å². The zero-order valence-corrected chi connectivity index (χ0v) is 8.54. The van der Waals surface area contributed by atoms with Crippen LogP contribution in [0.3, 0.4) is 0 Å². The third kappa shape index (κ3) is 1.80. The fourth-order valence-corrected chi connectivity index (χ4v) is 2.22. The van der Waals surface area contributed by atoms with Gasteiger partial charge in [-0.2, -0.15) is 0 Å². The quantitative estimate of drug-likeness (QED) is 0.551. The largest absolute Gasteiger partial charge is 0.372 e. The fraction of sp³-hybridized carbons (Fsp3) is 1.00. The van der Waals surface area contributed by atoms with E-state index in [4.69, 9.17) is 4.74 Å². The molecule has 2 heterocycles. The molecule has 1 unspecified atom stereocenters. The Bertz CT molecular complexity index is 149. The van der Waals surface area contributed by atoms with Crippen LogP contribution in [0.25, 0.3) is 0 Å². The highest BCUT2D eigenvalue weighted by Gasteiger charge is 2.35. The van der Waals surface area contributed by atoms with Crippen molar-refractivity contribution in [3.63, 3.8) is 0 Å². The predicted octanol–water partition coefficient (Wildman–Crippen LogP) is 0.231. The van der Waals surface area contributed by atoms with Crippen LogP contribution in [0.2, 0.25) is 0 Å². The Hall–Kier alpha value is 0.310. The maximum atomic E-state index is 5.86. The summed E-state index contributed by atoms with van der Waals surface area (Å²) in [6.07, 6.45) is 2.34. The van der Waals surface area contributed by atoms with Gasteiger partial charge in [0.05, 0.1) is 12.2 Å². The van der Waals surface area contributed by atoms with Crippen molar-refractivity contribution in [1.82, 2.24) is 9.99 Å². The van der Waals surface area contributed by atoms with Gasteiger partial charge >= 0.3 is 0 Å². The van der Waals surface area contributed by atoms with Crippen molar-refractivity contribution in [3.05, 3.63) is 0 Å². The Morgan fingerprint density at radius 2 is 2.08 bits per heavy atom. The first-order valence-corrected chi connectivity index (χ1v) is 5.17. The van der Waals surface area contributed by atoms with Crippen molar-refractivity contribution in [2.24, 2.45) is 0 Å². The molecule has 3 nitrogen and oxygen atoms in total. The molecule has 70 valence electrons. The van der Waals surface area contributed by atoms with Gasteiger partial charge in [0.2, 0.25) is 0 Å². The normalized spacial score (nSPS) is 30.8. The Kier molecular flexibility index (Phi) is 2.66. The monoisotopic (exact) mass is 188 g/mol. The van der Waals surface area contributed by atoms with Crippen LogP contribution < -0.4 is 5.32 Å². The first-order chi connectivity index (χ1) is 5.81. The highest BCUT2D eigenvalue weighted by molar-refractivity contribution is 7.13. The number of rotatable bonds is 0. The molecule has 0 aromatic heterocycles. The second-order valence-corrected chi connectivity index (χ2v) is 4.47. The van der Waals surface area contributed by atoms with Gasteiger partial charge in [-0.25, -0.2) is 0 Å². The lowest BCUT2D eigenvalue weighted by Gasteiger charge is -2.43. The van der Waals surface area contributed by atoms with Gasteiger partial charge in [0.15, 0.2) is 0 Å². The average molecular weight is 188 g/mol. The summed E-state index contributed by atoms with van der Waals surface area (Å²) in [5.41, 5.74) is 0.172. The van der Waals surface area contributed by atoms with Gasteiger partial charge in [-0.1, -0.05) is 9.39 Å². The van der Waals surface area contributed by atoms with Gasteiger partial charge in [0.1, 0.15) is 0 Å². The third-order valence-corrected chi connectivity index (χ3v) is 3.36. The summed E-state index contributed by atoms with van der Waals surface area (Å²) in [7, 11) is 2.77. The molecular weight excluding hydrogens is 171 g/mol. The van der Waals surface area contributed by atoms with Crippen LogP contribution >= 0.6 is 9.39 Å². The number of piperidine rings is 1. The van der Waals surface area contributed by atoms with Crippen LogP contribution in [0.4, 0.5) is 0 Å². The van der Waals surface area contributed by atoms with Gasteiger partial charge < -0.3 is 10.1 Å². The first-order valence-electron chi connectivity index (χ1n) is 4.65. The minimum absolute atomic E-state index is 0.172. The smallest absolute Gasteiger partial charge is 0.0831 e. The minimum atomic E-state index is 0.172. The molecule has 1 atom stereocenters. The number of hydrogen-bond acceptors (Lipinski definition) is 3. The maximum Gasteiger partial charge on any atom is 0.0831 e. The Balaban J connectivity index is 1.92. The fourth-order valence-electron chi connectivity index (χ4n) is 1.96. The van der Waals surface area contributed by atoms with E-state index in [9.17, 15) is 0 Å². The van der Waals surface area contributed by atoms with Crippen LogP contribution in [0.5, 0.6) is 0 Å². The minimum Gasteiger partial charge on any atom is -0.372 e. The molecule has 1 N–H and O–H groups in total. The topological polar surface area (TPSA) is 24.5 Å². The highest BCUT2D eigenvalue weighted by atomic mass is 31.0. The molecular formula is C8H17N2OP. The van der Waals surface area contributed by atoms with E-state index in [1.165, 1.54) is 12.8 Å². The van der Waals surface area contributed by atoms with E-state index in [1.807, 2.05) is 0 Å². The molecule has 0 aromatic rings. The van der Waals surface area contributed by atoms with Gasteiger partial charge in [0, 0.05) is 26.2 Å². The van der Waals surface area contributed by atoms with E-state index in [1.54, 1.807) is 0 Å². The number of morpholine rings is 1. The molecule has 2 saturated heterocycles. The van der Waals surface area contributed by atoms with E-state index in [0.717, 1.165) is 32.8 Å². The molecule has 0 bridgehead atoms. The summed E-state index contributed by atoms with van der Waals surface area (Å²) in [5, 5.41) is 3.41. The number of nitrogens with zero attached hydrogens (tertiary/aromatic N) is 1. The van der Waals surface area contributed by atoms with Crippen molar-refractivity contribution in [3.8, 4) is 0 Å². The van der Waals surface area contributed by atoms with Crippen LogP contribution in [0.15, 0.2) is 0 Å². The molecule has 2 aliphatic heterocycles. The zero-order chi connectivity index (χ0) is 8.44. The third-order valence-electron chi connectivity index (χ3n) is 2.84. The maximum absolute atomic E-state index is 5.86. The van der Waals surface area contributed by atoms with Crippen molar-refractivity contribution in [1.29, 1.82) is 0 Å². The SMILES string of the molecule is PN1CCC2(CC1)CNCCO2. The standard InChI is InChI=1S/C8H17N2OP/c12-10-4-1-8(2-5-10)7-9-3-6-11-8/h9H,1-7,12H2. The van der Waals surface area contributed by atoms with Crippen molar-refractivity contribution < 1.29 is 4.74 Å². The average Bonchev–Trinajstić information content (AvgIpc) is 2.13. The summed E-state index contributed by atoms with van der Waals surface area (Å²) in [5.74, 6) is 0. The van der Waals surface area contributed by atoms with Crippen LogP contribution in [-0.2, 0) is 4.74 Å². The molecule has 0 amide bonds. The lowest BCUT2D eigenvalue weighted by molar-refractivity contribution is -0.0909. The van der Waals surface area contributed by atoms with Gasteiger partial charge in [-0.15, -0.1) is 0 Å². The summed E-state index contributed by atoms with van der Waals surface area (Å²) in [6, 6.07) is 0. The van der Waals surface area contributed by atoms with E-state index in [-0.39, 0.29) is 5.60 Å². The van der Waals surface area contributed by atoms with E-state index < -0.39 is 0 Å². The van der Waals surface area contributed by atoms with Gasteiger partial charge in [0.25, 0.3) is 0 Å². The summed E-state index contributed by atoms with van der Waals surface area (Å²) >= 11 is 0. The van der Waals surface area contributed by atoms with Crippen molar-refractivity contribution in [2.45, 2.75) is 18.4 Å². The molecule has 2 fully saturated rings. The van der Waals surface area contributed by atoms with E-state index >= 15 is 0 Å². The lowest BCUT2D eigenvalue weighted by atomic mass is 9.91. The zero-order valence-electron chi connectivity index (χ0n) is 7.38. The Morgan fingerprint density at radius 1 is 1.33 bits per heavy atom. The Morgan fingerprint density at radius 3 is 2.67 bits per heavy atom. The van der Waals surface area contributed by atoms with Crippen LogP contribution in [0, 0.1) is 0 Å². The predicted molar refractivity (Wildman–Crippen MR) is 52.1 cm³/mol. The summed E-state index contributed by atoms with van der Waals surface area (Å²) < 4.78 is 8.15. The molecule has 2 aliphatic rings. The molecule has 0 aromatic carbocycles. The summed E-state index contributed by atoms with van der Waals surface area (Å²) in [4.78, 5) is 0. The molecule has 12 heavy (non-hydrogen) atoms. The molecule has 1 spiro atoms. The first kappa shape index (κ1) is 8.89. The van der Waals surface area contributed by atoms with Gasteiger partial charge in [-0.3, -0.25) is 4.67 Å². The molecule has 2 rings (SSSR count).